The molecule has 18 heavy (non-hydrogen) atoms. The van der Waals surface area contributed by atoms with Crippen LogP contribution in [0.5, 0.6) is 0 Å². The summed E-state index contributed by atoms with van der Waals surface area (Å²) in [6.45, 7) is 2.73. The van der Waals surface area contributed by atoms with Crippen molar-refractivity contribution in [1.29, 1.82) is 0 Å². The molecule has 0 aromatic carbocycles. The van der Waals surface area contributed by atoms with Crippen molar-refractivity contribution >= 4 is 0 Å². The number of aromatic nitrogens is 6. The minimum absolute atomic E-state index is 0.370. The SMILES string of the molecule is CCn1nccc1-c1nc(-c2ncccn2)no1. The van der Waals surface area contributed by atoms with E-state index in [0.29, 0.717) is 17.5 Å². The predicted molar refractivity (Wildman–Crippen MR) is 62.2 cm³/mol. The Morgan fingerprint density at radius 2 is 2.00 bits per heavy atom. The van der Waals surface area contributed by atoms with E-state index in [1.165, 1.54) is 0 Å². The van der Waals surface area contributed by atoms with Crippen LogP contribution in [0.2, 0.25) is 0 Å². The van der Waals surface area contributed by atoms with E-state index in [1.54, 1.807) is 29.3 Å². The van der Waals surface area contributed by atoms with Gasteiger partial charge in [0.1, 0.15) is 5.69 Å². The van der Waals surface area contributed by atoms with Gasteiger partial charge >= 0.3 is 0 Å². The maximum atomic E-state index is 5.20. The van der Waals surface area contributed by atoms with E-state index >= 15 is 0 Å². The fraction of sp³-hybridized carbons (Fsp3) is 0.182. The predicted octanol–water partition coefficient (Wildman–Crippen LogP) is 1.41. The smallest absolute Gasteiger partial charge is 0.276 e. The van der Waals surface area contributed by atoms with Crippen molar-refractivity contribution in [1.82, 2.24) is 29.9 Å². The third-order valence-corrected chi connectivity index (χ3v) is 2.43. The average Bonchev–Trinajstić information content (AvgIpc) is 3.08. The van der Waals surface area contributed by atoms with Gasteiger partial charge in [-0.15, -0.1) is 0 Å². The third-order valence-electron chi connectivity index (χ3n) is 2.43. The van der Waals surface area contributed by atoms with Crippen LogP contribution in [-0.2, 0) is 6.54 Å². The maximum Gasteiger partial charge on any atom is 0.276 e. The largest absolute Gasteiger partial charge is 0.332 e. The molecule has 3 aromatic heterocycles. The van der Waals surface area contributed by atoms with E-state index in [-0.39, 0.29) is 0 Å². The average molecular weight is 242 g/mol. The van der Waals surface area contributed by atoms with Gasteiger partial charge in [0.25, 0.3) is 5.89 Å². The van der Waals surface area contributed by atoms with Crippen LogP contribution in [0.4, 0.5) is 0 Å². The molecule has 0 amide bonds. The molecule has 0 bridgehead atoms. The van der Waals surface area contributed by atoms with Gasteiger partial charge in [-0.2, -0.15) is 10.1 Å². The van der Waals surface area contributed by atoms with Gasteiger partial charge in [-0.1, -0.05) is 5.16 Å². The fourth-order valence-corrected chi connectivity index (χ4v) is 1.60. The molecular weight excluding hydrogens is 232 g/mol. The quantitative estimate of drug-likeness (QED) is 0.690. The molecule has 0 unspecified atom stereocenters. The first-order valence-corrected chi connectivity index (χ1v) is 5.51. The van der Waals surface area contributed by atoms with Crippen LogP contribution < -0.4 is 0 Å². The Bertz CT molecular complexity index is 644. The van der Waals surface area contributed by atoms with Crippen LogP contribution >= 0.6 is 0 Å². The zero-order chi connectivity index (χ0) is 12.4. The second-order valence-corrected chi connectivity index (χ2v) is 3.53. The van der Waals surface area contributed by atoms with Gasteiger partial charge < -0.3 is 4.52 Å². The molecule has 0 radical (unpaired) electrons. The first kappa shape index (κ1) is 10.6. The molecule has 0 saturated heterocycles. The maximum absolute atomic E-state index is 5.20. The molecule has 0 aliphatic carbocycles. The molecule has 0 saturated carbocycles. The molecule has 0 aliphatic heterocycles. The summed E-state index contributed by atoms with van der Waals surface area (Å²) in [4.78, 5) is 12.4. The molecule has 3 aromatic rings. The number of nitrogens with zero attached hydrogens (tertiary/aromatic N) is 6. The zero-order valence-electron chi connectivity index (χ0n) is 9.69. The lowest BCUT2D eigenvalue weighted by Gasteiger charge is -1.97. The van der Waals surface area contributed by atoms with Crippen molar-refractivity contribution in [2.24, 2.45) is 0 Å². The van der Waals surface area contributed by atoms with Crippen molar-refractivity contribution in [3.05, 3.63) is 30.7 Å². The topological polar surface area (TPSA) is 82.5 Å². The summed E-state index contributed by atoms with van der Waals surface area (Å²) >= 11 is 0. The van der Waals surface area contributed by atoms with Gasteiger partial charge in [-0.05, 0) is 19.1 Å². The minimum Gasteiger partial charge on any atom is -0.332 e. The van der Waals surface area contributed by atoms with Crippen molar-refractivity contribution in [2.45, 2.75) is 13.5 Å². The summed E-state index contributed by atoms with van der Waals surface area (Å²) in [7, 11) is 0. The van der Waals surface area contributed by atoms with Crippen molar-refractivity contribution < 1.29 is 4.52 Å². The Morgan fingerprint density at radius 1 is 1.17 bits per heavy atom. The Kier molecular flexibility index (Phi) is 2.56. The summed E-state index contributed by atoms with van der Waals surface area (Å²) < 4.78 is 6.98. The molecule has 7 nitrogen and oxygen atoms in total. The highest BCUT2D eigenvalue weighted by Gasteiger charge is 2.15. The lowest BCUT2D eigenvalue weighted by Crippen LogP contribution is -1.98. The summed E-state index contributed by atoms with van der Waals surface area (Å²) in [5, 5.41) is 8.02. The number of aryl methyl sites for hydroxylation is 1. The molecule has 7 heteroatoms. The molecule has 0 atom stereocenters. The monoisotopic (exact) mass is 242 g/mol. The molecule has 0 aliphatic rings. The Hall–Kier alpha value is -2.57. The van der Waals surface area contributed by atoms with Gasteiger partial charge in [-0.3, -0.25) is 4.68 Å². The summed E-state index contributed by atoms with van der Waals surface area (Å²) in [6.07, 6.45) is 4.96. The van der Waals surface area contributed by atoms with E-state index in [2.05, 4.69) is 25.2 Å². The van der Waals surface area contributed by atoms with Crippen molar-refractivity contribution in [2.75, 3.05) is 0 Å². The van der Waals surface area contributed by atoms with E-state index in [0.717, 1.165) is 12.2 Å². The molecule has 0 N–H and O–H groups in total. The fourth-order valence-electron chi connectivity index (χ4n) is 1.60. The van der Waals surface area contributed by atoms with Gasteiger partial charge in [0.05, 0.1) is 0 Å². The molecule has 0 fully saturated rings. The highest BCUT2D eigenvalue weighted by Crippen LogP contribution is 2.19. The van der Waals surface area contributed by atoms with Crippen LogP contribution in [0.3, 0.4) is 0 Å². The van der Waals surface area contributed by atoms with Crippen molar-refractivity contribution in [3.8, 4) is 23.2 Å². The minimum atomic E-state index is 0.370. The molecular formula is C11H10N6O. The Morgan fingerprint density at radius 3 is 2.78 bits per heavy atom. The second-order valence-electron chi connectivity index (χ2n) is 3.53. The Balaban J connectivity index is 2.00. The van der Waals surface area contributed by atoms with Crippen LogP contribution in [0, 0.1) is 0 Å². The van der Waals surface area contributed by atoms with E-state index in [4.69, 9.17) is 4.52 Å². The van der Waals surface area contributed by atoms with Crippen LogP contribution in [0.25, 0.3) is 23.2 Å². The van der Waals surface area contributed by atoms with E-state index in [1.807, 2.05) is 13.0 Å². The summed E-state index contributed by atoms with van der Waals surface area (Å²) in [5.74, 6) is 1.22. The highest BCUT2D eigenvalue weighted by molar-refractivity contribution is 5.51. The lowest BCUT2D eigenvalue weighted by molar-refractivity contribution is 0.427. The van der Waals surface area contributed by atoms with Gasteiger partial charge in [0.15, 0.2) is 0 Å². The normalized spacial score (nSPS) is 10.7. The first-order valence-electron chi connectivity index (χ1n) is 5.51. The molecule has 0 spiro atoms. The van der Waals surface area contributed by atoms with Gasteiger partial charge in [0, 0.05) is 25.1 Å². The van der Waals surface area contributed by atoms with E-state index in [9.17, 15) is 0 Å². The first-order chi connectivity index (χ1) is 8.88. The molecule has 3 heterocycles. The van der Waals surface area contributed by atoms with E-state index < -0.39 is 0 Å². The van der Waals surface area contributed by atoms with Gasteiger partial charge in [0.2, 0.25) is 11.6 Å². The van der Waals surface area contributed by atoms with Crippen LogP contribution in [-0.4, -0.2) is 29.9 Å². The number of hydrogen-bond acceptors (Lipinski definition) is 6. The highest BCUT2D eigenvalue weighted by atomic mass is 16.5. The lowest BCUT2D eigenvalue weighted by atomic mass is 10.4. The van der Waals surface area contributed by atoms with Crippen LogP contribution in [0.15, 0.2) is 35.2 Å². The number of hydrogen-bond donors (Lipinski definition) is 0. The molecule has 90 valence electrons. The van der Waals surface area contributed by atoms with Gasteiger partial charge in [-0.25, -0.2) is 9.97 Å². The Labute approximate surface area is 103 Å². The van der Waals surface area contributed by atoms with Crippen LogP contribution in [0.1, 0.15) is 6.92 Å². The van der Waals surface area contributed by atoms with Crippen molar-refractivity contribution in [3.63, 3.8) is 0 Å². The third kappa shape index (κ3) is 1.75. The second kappa shape index (κ2) is 4.36. The number of rotatable bonds is 3. The summed E-state index contributed by atoms with van der Waals surface area (Å²) in [5.41, 5.74) is 0.784. The standard InChI is InChI=1S/C11H10N6O/c1-2-17-8(4-7-14-17)11-15-10(16-18-11)9-12-5-3-6-13-9/h3-7H,2H2,1H3. The summed E-state index contributed by atoms with van der Waals surface area (Å²) in [6, 6.07) is 3.56. The molecule has 3 rings (SSSR count). The zero-order valence-corrected chi connectivity index (χ0v) is 9.69.